The topological polar surface area (TPSA) is 57.9 Å². The molecule has 0 aliphatic heterocycles. The first-order valence-corrected chi connectivity index (χ1v) is 5.90. The minimum absolute atomic E-state index is 0.339. The van der Waals surface area contributed by atoms with E-state index < -0.39 is 15.7 Å². The SMILES string of the molecule is CS(=O)(=O)C(C#N)=Cc1ccc(F)cc1. The maximum Gasteiger partial charge on any atom is 0.185 e. The molecule has 1 aromatic rings. The quantitative estimate of drug-likeness (QED) is 0.720. The molecule has 0 heterocycles. The molecule has 15 heavy (non-hydrogen) atoms. The molecular weight excluding hydrogens is 217 g/mol. The smallest absolute Gasteiger partial charge is 0.185 e. The van der Waals surface area contributed by atoms with Crippen LogP contribution in [0, 0.1) is 17.1 Å². The highest BCUT2D eigenvalue weighted by Crippen LogP contribution is 2.11. The summed E-state index contributed by atoms with van der Waals surface area (Å²) in [6.07, 6.45) is 2.15. The van der Waals surface area contributed by atoms with Crippen molar-refractivity contribution in [2.75, 3.05) is 6.26 Å². The first-order valence-electron chi connectivity index (χ1n) is 4.01. The molecule has 1 rings (SSSR count). The molecule has 3 nitrogen and oxygen atoms in total. The monoisotopic (exact) mass is 225 g/mol. The van der Waals surface area contributed by atoms with Crippen LogP contribution in [0.25, 0.3) is 6.08 Å². The van der Waals surface area contributed by atoms with E-state index in [-0.39, 0.29) is 4.91 Å². The summed E-state index contributed by atoms with van der Waals surface area (Å²) in [4.78, 5) is -0.339. The Morgan fingerprint density at radius 3 is 2.33 bits per heavy atom. The zero-order valence-corrected chi connectivity index (χ0v) is 8.75. The molecule has 0 N–H and O–H groups in total. The number of nitrogens with zero attached hydrogens (tertiary/aromatic N) is 1. The van der Waals surface area contributed by atoms with Crippen molar-refractivity contribution in [1.82, 2.24) is 0 Å². The molecule has 0 fully saturated rings. The van der Waals surface area contributed by atoms with Crippen LogP contribution in [-0.2, 0) is 9.84 Å². The fraction of sp³-hybridized carbons (Fsp3) is 0.100. The number of allylic oxidation sites excluding steroid dienone is 1. The number of hydrogen-bond donors (Lipinski definition) is 0. The van der Waals surface area contributed by atoms with Gasteiger partial charge in [-0.05, 0) is 23.8 Å². The lowest BCUT2D eigenvalue weighted by molar-refractivity contribution is 0.609. The highest BCUT2D eigenvalue weighted by atomic mass is 32.2. The largest absolute Gasteiger partial charge is 0.223 e. The number of rotatable bonds is 2. The van der Waals surface area contributed by atoms with E-state index in [1.165, 1.54) is 30.3 Å². The first kappa shape index (κ1) is 11.4. The Kier molecular flexibility index (Phi) is 3.22. The molecule has 0 unspecified atom stereocenters. The Labute approximate surface area is 87.4 Å². The summed E-state index contributed by atoms with van der Waals surface area (Å²) >= 11 is 0. The van der Waals surface area contributed by atoms with Crippen molar-refractivity contribution in [1.29, 1.82) is 5.26 Å². The Bertz CT molecular complexity index is 524. The molecule has 0 radical (unpaired) electrons. The molecule has 0 aromatic heterocycles. The fourth-order valence-electron chi connectivity index (χ4n) is 0.933. The average molecular weight is 225 g/mol. The highest BCUT2D eigenvalue weighted by molar-refractivity contribution is 7.95. The fourth-order valence-corrected chi connectivity index (χ4v) is 1.45. The predicted octanol–water partition coefficient (Wildman–Crippen LogP) is 1.73. The van der Waals surface area contributed by atoms with Crippen molar-refractivity contribution in [3.8, 4) is 6.07 Å². The van der Waals surface area contributed by atoms with Crippen molar-refractivity contribution in [2.45, 2.75) is 0 Å². The van der Waals surface area contributed by atoms with Gasteiger partial charge in [-0.25, -0.2) is 12.8 Å². The van der Waals surface area contributed by atoms with Crippen LogP contribution in [0.4, 0.5) is 4.39 Å². The van der Waals surface area contributed by atoms with E-state index in [0.717, 1.165) is 6.26 Å². The molecule has 78 valence electrons. The maximum absolute atomic E-state index is 12.5. The van der Waals surface area contributed by atoms with E-state index in [1.807, 2.05) is 0 Å². The zero-order valence-electron chi connectivity index (χ0n) is 7.94. The van der Waals surface area contributed by atoms with Crippen molar-refractivity contribution >= 4 is 15.9 Å². The summed E-state index contributed by atoms with van der Waals surface area (Å²) in [5.74, 6) is -0.412. The third-order valence-electron chi connectivity index (χ3n) is 1.68. The molecule has 0 amide bonds. The first-order chi connectivity index (χ1) is 6.93. The molecular formula is C10H8FNO2S. The molecule has 0 aliphatic rings. The Balaban J connectivity index is 3.17. The third-order valence-corrected chi connectivity index (χ3v) is 2.69. The zero-order chi connectivity index (χ0) is 11.5. The van der Waals surface area contributed by atoms with Crippen LogP contribution in [0.5, 0.6) is 0 Å². The summed E-state index contributed by atoms with van der Waals surface area (Å²) in [5.41, 5.74) is 0.471. The number of sulfone groups is 1. The molecule has 0 aliphatic carbocycles. The van der Waals surface area contributed by atoms with Gasteiger partial charge in [0.1, 0.15) is 16.8 Å². The predicted molar refractivity (Wildman–Crippen MR) is 54.8 cm³/mol. The van der Waals surface area contributed by atoms with Gasteiger partial charge in [0.05, 0.1) is 0 Å². The van der Waals surface area contributed by atoms with E-state index in [9.17, 15) is 12.8 Å². The minimum atomic E-state index is -3.52. The van der Waals surface area contributed by atoms with Crippen LogP contribution in [-0.4, -0.2) is 14.7 Å². The standard InChI is InChI=1S/C10H8FNO2S/c1-15(13,14)10(7-12)6-8-2-4-9(11)5-3-8/h2-6H,1H3. The van der Waals surface area contributed by atoms with E-state index in [1.54, 1.807) is 6.07 Å². The van der Waals surface area contributed by atoms with Gasteiger partial charge in [0.2, 0.25) is 0 Å². The van der Waals surface area contributed by atoms with Gasteiger partial charge in [-0.1, -0.05) is 12.1 Å². The van der Waals surface area contributed by atoms with Crippen molar-refractivity contribution in [3.05, 3.63) is 40.6 Å². The minimum Gasteiger partial charge on any atom is -0.223 e. The van der Waals surface area contributed by atoms with E-state index >= 15 is 0 Å². The lowest BCUT2D eigenvalue weighted by Crippen LogP contribution is -1.98. The number of benzene rings is 1. The van der Waals surface area contributed by atoms with Gasteiger partial charge in [0.25, 0.3) is 0 Å². The summed E-state index contributed by atoms with van der Waals surface area (Å²) in [6.45, 7) is 0. The van der Waals surface area contributed by atoms with Gasteiger partial charge in [0, 0.05) is 6.26 Å². The molecule has 5 heteroatoms. The molecule has 0 atom stereocenters. The van der Waals surface area contributed by atoms with Crippen LogP contribution >= 0.6 is 0 Å². The summed E-state index contributed by atoms with van der Waals surface area (Å²) in [7, 11) is -3.52. The summed E-state index contributed by atoms with van der Waals surface area (Å²) < 4.78 is 34.7. The molecule has 1 aromatic carbocycles. The Morgan fingerprint density at radius 2 is 1.93 bits per heavy atom. The number of hydrogen-bond acceptors (Lipinski definition) is 3. The lowest BCUT2D eigenvalue weighted by Gasteiger charge is -1.95. The summed E-state index contributed by atoms with van der Waals surface area (Å²) in [5, 5.41) is 8.61. The van der Waals surface area contributed by atoms with Crippen LogP contribution in [0.2, 0.25) is 0 Å². The number of halogens is 1. The van der Waals surface area contributed by atoms with Crippen LogP contribution in [0.1, 0.15) is 5.56 Å². The van der Waals surface area contributed by atoms with Gasteiger partial charge >= 0.3 is 0 Å². The van der Waals surface area contributed by atoms with Gasteiger partial charge < -0.3 is 0 Å². The Hall–Kier alpha value is -1.67. The maximum atomic E-state index is 12.5. The molecule has 0 bridgehead atoms. The van der Waals surface area contributed by atoms with Gasteiger partial charge in [-0.3, -0.25) is 0 Å². The second-order valence-electron chi connectivity index (χ2n) is 2.94. The van der Waals surface area contributed by atoms with E-state index in [4.69, 9.17) is 5.26 Å². The van der Waals surface area contributed by atoms with Gasteiger partial charge in [-0.2, -0.15) is 5.26 Å². The third kappa shape index (κ3) is 3.18. The van der Waals surface area contributed by atoms with E-state index in [2.05, 4.69) is 0 Å². The van der Waals surface area contributed by atoms with Crippen molar-refractivity contribution in [3.63, 3.8) is 0 Å². The summed E-state index contributed by atoms with van der Waals surface area (Å²) in [6, 6.07) is 6.78. The lowest BCUT2D eigenvalue weighted by atomic mass is 10.2. The van der Waals surface area contributed by atoms with Crippen molar-refractivity contribution in [2.24, 2.45) is 0 Å². The molecule has 0 saturated carbocycles. The number of nitriles is 1. The second-order valence-corrected chi connectivity index (χ2v) is 4.93. The normalized spacial score (nSPS) is 12.2. The molecule has 0 saturated heterocycles. The van der Waals surface area contributed by atoms with Crippen LogP contribution in [0.15, 0.2) is 29.2 Å². The van der Waals surface area contributed by atoms with Gasteiger partial charge in [0.15, 0.2) is 9.84 Å². The van der Waals surface area contributed by atoms with E-state index in [0.29, 0.717) is 5.56 Å². The Morgan fingerprint density at radius 1 is 1.40 bits per heavy atom. The van der Waals surface area contributed by atoms with Crippen LogP contribution in [0.3, 0.4) is 0 Å². The average Bonchev–Trinajstić information content (AvgIpc) is 2.15. The van der Waals surface area contributed by atoms with Gasteiger partial charge in [-0.15, -0.1) is 0 Å². The molecule has 0 spiro atoms. The van der Waals surface area contributed by atoms with Crippen LogP contribution < -0.4 is 0 Å². The second kappa shape index (κ2) is 4.24. The highest BCUT2D eigenvalue weighted by Gasteiger charge is 2.09. The van der Waals surface area contributed by atoms with Crippen molar-refractivity contribution < 1.29 is 12.8 Å².